The van der Waals surface area contributed by atoms with Gasteiger partial charge in [-0.25, -0.2) is 4.98 Å². The van der Waals surface area contributed by atoms with Gasteiger partial charge in [0.1, 0.15) is 5.82 Å². The SMILES string of the molecule is CCCn1ccnc1Cc1cccc2c1NCCC2. The summed E-state index contributed by atoms with van der Waals surface area (Å²) in [5.74, 6) is 1.17. The zero-order valence-electron chi connectivity index (χ0n) is 11.5. The van der Waals surface area contributed by atoms with Crippen LogP contribution in [0, 0.1) is 0 Å². The Morgan fingerprint density at radius 3 is 3.21 bits per heavy atom. The second kappa shape index (κ2) is 5.47. The molecule has 1 aliphatic rings. The first-order valence-electron chi connectivity index (χ1n) is 7.23. The number of hydrogen-bond acceptors (Lipinski definition) is 2. The topological polar surface area (TPSA) is 29.9 Å². The Hall–Kier alpha value is -1.77. The molecule has 0 bridgehead atoms. The predicted molar refractivity (Wildman–Crippen MR) is 78.6 cm³/mol. The van der Waals surface area contributed by atoms with Crippen LogP contribution in [0.3, 0.4) is 0 Å². The number of hydrogen-bond donors (Lipinski definition) is 1. The van der Waals surface area contributed by atoms with Crippen molar-refractivity contribution in [3.05, 3.63) is 47.5 Å². The molecule has 0 aliphatic carbocycles. The normalized spacial score (nSPS) is 13.9. The van der Waals surface area contributed by atoms with Crippen molar-refractivity contribution in [1.29, 1.82) is 0 Å². The molecule has 0 fully saturated rings. The molecule has 0 saturated heterocycles. The number of imidazole rings is 1. The minimum absolute atomic E-state index is 0.920. The number of fused-ring (bicyclic) bond motifs is 1. The molecule has 2 aromatic rings. The van der Waals surface area contributed by atoms with Crippen LogP contribution in [0.25, 0.3) is 0 Å². The highest BCUT2D eigenvalue weighted by molar-refractivity contribution is 5.59. The van der Waals surface area contributed by atoms with E-state index in [0.29, 0.717) is 0 Å². The Morgan fingerprint density at radius 1 is 1.37 bits per heavy atom. The van der Waals surface area contributed by atoms with E-state index in [1.54, 1.807) is 0 Å². The molecule has 1 aromatic heterocycles. The lowest BCUT2D eigenvalue weighted by Crippen LogP contribution is -2.14. The van der Waals surface area contributed by atoms with E-state index in [4.69, 9.17) is 0 Å². The first kappa shape index (κ1) is 12.3. The molecule has 0 unspecified atom stereocenters. The van der Waals surface area contributed by atoms with Gasteiger partial charge in [-0.2, -0.15) is 0 Å². The number of aromatic nitrogens is 2. The highest BCUT2D eigenvalue weighted by atomic mass is 15.1. The van der Waals surface area contributed by atoms with Gasteiger partial charge in [0.2, 0.25) is 0 Å². The first-order valence-corrected chi connectivity index (χ1v) is 7.23. The molecule has 3 rings (SSSR count). The maximum absolute atomic E-state index is 4.51. The summed E-state index contributed by atoms with van der Waals surface area (Å²) in [4.78, 5) is 4.51. The van der Waals surface area contributed by atoms with Crippen molar-refractivity contribution in [2.75, 3.05) is 11.9 Å². The Balaban J connectivity index is 1.88. The molecule has 1 N–H and O–H groups in total. The molecule has 3 nitrogen and oxygen atoms in total. The van der Waals surface area contributed by atoms with Gasteiger partial charge < -0.3 is 9.88 Å². The number of aryl methyl sites for hydroxylation is 2. The van der Waals surface area contributed by atoms with E-state index in [9.17, 15) is 0 Å². The maximum atomic E-state index is 4.51. The van der Waals surface area contributed by atoms with Crippen LogP contribution >= 0.6 is 0 Å². The van der Waals surface area contributed by atoms with Gasteiger partial charge in [0.25, 0.3) is 0 Å². The largest absolute Gasteiger partial charge is 0.385 e. The van der Waals surface area contributed by atoms with E-state index in [-0.39, 0.29) is 0 Å². The molecular formula is C16H21N3. The summed E-state index contributed by atoms with van der Waals surface area (Å²) in [5.41, 5.74) is 4.18. The van der Waals surface area contributed by atoms with Crippen molar-refractivity contribution < 1.29 is 0 Å². The van der Waals surface area contributed by atoms with Crippen molar-refractivity contribution in [2.45, 2.75) is 39.2 Å². The lowest BCUT2D eigenvalue weighted by Gasteiger charge is -2.21. The van der Waals surface area contributed by atoms with E-state index in [0.717, 1.165) is 25.9 Å². The van der Waals surface area contributed by atoms with Crippen LogP contribution in [0.5, 0.6) is 0 Å². The number of nitrogens with one attached hydrogen (secondary N) is 1. The van der Waals surface area contributed by atoms with Crippen molar-refractivity contribution in [3.8, 4) is 0 Å². The Bertz CT molecular complexity index is 557. The third-order valence-electron chi connectivity index (χ3n) is 3.78. The Kier molecular flexibility index (Phi) is 3.53. The second-order valence-corrected chi connectivity index (χ2v) is 5.20. The van der Waals surface area contributed by atoms with Gasteiger partial charge >= 0.3 is 0 Å². The molecule has 1 aromatic carbocycles. The van der Waals surface area contributed by atoms with Crippen LogP contribution in [-0.2, 0) is 19.4 Å². The molecule has 100 valence electrons. The van der Waals surface area contributed by atoms with Crippen molar-refractivity contribution in [1.82, 2.24) is 9.55 Å². The first-order chi connectivity index (χ1) is 9.38. The van der Waals surface area contributed by atoms with Gasteiger partial charge in [-0.15, -0.1) is 0 Å². The molecule has 1 aliphatic heterocycles. The number of nitrogens with zero attached hydrogens (tertiary/aromatic N) is 2. The van der Waals surface area contributed by atoms with Gasteiger partial charge in [0.05, 0.1) is 0 Å². The van der Waals surface area contributed by atoms with E-state index < -0.39 is 0 Å². The van der Waals surface area contributed by atoms with Crippen LogP contribution in [0.15, 0.2) is 30.6 Å². The van der Waals surface area contributed by atoms with Gasteiger partial charge in [-0.3, -0.25) is 0 Å². The number of rotatable bonds is 4. The van der Waals surface area contributed by atoms with Crippen LogP contribution in [0.1, 0.15) is 36.7 Å². The highest BCUT2D eigenvalue weighted by Gasteiger charge is 2.14. The summed E-state index contributed by atoms with van der Waals surface area (Å²) >= 11 is 0. The standard InChI is InChI=1S/C16H21N3/c1-2-10-19-11-9-17-15(19)12-14-6-3-5-13-7-4-8-18-16(13)14/h3,5-6,9,11,18H,2,4,7-8,10,12H2,1H3. The van der Waals surface area contributed by atoms with Crippen LogP contribution in [0.2, 0.25) is 0 Å². The van der Waals surface area contributed by atoms with E-state index in [1.807, 2.05) is 6.20 Å². The molecule has 0 radical (unpaired) electrons. The predicted octanol–water partition coefficient (Wildman–Crippen LogP) is 3.24. The smallest absolute Gasteiger partial charge is 0.113 e. The summed E-state index contributed by atoms with van der Waals surface area (Å²) in [7, 11) is 0. The fourth-order valence-corrected chi connectivity index (χ4v) is 2.85. The minimum Gasteiger partial charge on any atom is -0.385 e. The van der Waals surface area contributed by atoms with Crippen LogP contribution < -0.4 is 5.32 Å². The van der Waals surface area contributed by atoms with Gasteiger partial charge in [-0.05, 0) is 30.4 Å². The lowest BCUT2D eigenvalue weighted by atomic mass is 9.98. The van der Waals surface area contributed by atoms with E-state index in [1.165, 1.54) is 35.5 Å². The van der Waals surface area contributed by atoms with Crippen LogP contribution in [0.4, 0.5) is 5.69 Å². The number of anilines is 1. The molecule has 0 saturated carbocycles. The van der Waals surface area contributed by atoms with E-state index >= 15 is 0 Å². The van der Waals surface area contributed by atoms with Crippen LogP contribution in [-0.4, -0.2) is 16.1 Å². The summed E-state index contributed by atoms with van der Waals surface area (Å²) in [5, 5.41) is 3.56. The summed E-state index contributed by atoms with van der Waals surface area (Å²) in [6.07, 6.45) is 8.49. The Morgan fingerprint density at radius 2 is 2.32 bits per heavy atom. The molecular weight excluding hydrogens is 234 g/mol. The lowest BCUT2D eigenvalue weighted by molar-refractivity contribution is 0.646. The van der Waals surface area contributed by atoms with E-state index in [2.05, 4.69) is 46.2 Å². The average molecular weight is 255 g/mol. The monoisotopic (exact) mass is 255 g/mol. The number of benzene rings is 1. The minimum atomic E-state index is 0.920. The fraction of sp³-hybridized carbons (Fsp3) is 0.438. The summed E-state index contributed by atoms with van der Waals surface area (Å²) in [6, 6.07) is 6.64. The molecule has 0 atom stereocenters. The zero-order valence-corrected chi connectivity index (χ0v) is 11.5. The quantitative estimate of drug-likeness (QED) is 0.909. The maximum Gasteiger partial charge on any atom is 0.113 e. The second-order valence-electron chi connectivity index (χ2n) is 5.20. The molecule has 3 heteroatoms. The molecule has 0 amide bonds. The average Bonchev–Trinajstić information content (AvgIpc) is 2.87. The van der Waals surface area contributed by atoms with Gasteiger partial charge in [-0.1, -0.05) is 25.1 Å². The fourth-order valence-electron chi connectivity index (χ4n) is 2.85. The molecule has 2 heterocycles. The van der Waals surface area contributed by atoms with Gasteiger partial charge in [0.15, 0.2) is 0 Å². The third kappa shape index (κ3) is 2.50. The summed E-state index contributed by atoms with van der Waals surface area (Å²) in [6.45, 7) is 4.35. The van der Waals surface area contributed by atoms with Crippen molar-refractivity contribution >= 4 is 5.69 Å². The highest BCUT2D eigenvalue weighted by Crippen LogP contribution is 2.27. The zero-order chi connectivity index (χ0) is 13.1. The van der Waals surface area contributed by atoms with Gasteiger partial charge in [0, 0.05) is 37.6 Å². The third-order valence-corrected chi connectivity index (χ3v) is 3.78. The van der Waals surface area contributed by atoms with Crippen molar-refractivity contribution in [3.63, 3.8) is 0 Å². The Labute approximate surface area is 114 Å². The van der Waals surface area contributed by atoms with Crippen molar-refractivity contribution in [2.24, 2.45) is 0 Å². The summed E-state index contributed by atoms with van der Waals surface area (Å²) < 4.78 is 2.27. The number of para-hydroxylation sites is 1. The molecule has 19 heavy (non-hydrogen) atoms. The molecule has 0 spiro atoms.